The Morgan fingerprint density at radius 2 is 2.15 bits per heavy atom. The van der Waals surface area contributed by atoms with Crippen LogP contribution < -0.4 is 0 Å². The van der Waals surface area contributed by atoms with Crippen LogP contribution in [0.1, 0.15) is 11.4 Å². The first-order valence-electron chi connectivity index (χ1n) is 3.53. The predicted molar refractivity (Wildman–Crippen MR) is 52.5 cm³/mol. The zero-order valence-electron chi connectivity index (χ0n) is 7.28. The average molecular weight is 265 g/mol. The maximum absolute atomic E-state index is 11.3. The predicted octanol–water partition coefficient (Wildman–Crippen LogP) is 1.08. The quantitative estimate of drug-likeness (QED) is 0.593. The molecule has 0 spiro atoms. The van der Waals surface area contributed by atoms with Gasteiger partial charge >= 0.3 is 0 Å². The minimum Gasteiger partial charge on any atom is -0.241 e. The Morgan fingerprint density at radius 3 is 2.62 bits per heavy atom. The average Bonchev–Trinajstić information content (AvgIpc) is 2.03. The normalized spacial score (nSPS) is 11.6. The molecular formula is C7H9BrN2O2S. The molecule has 0 amide bonds. The number of halogens is 1. The molecule has 0 saturated carbocycles. The molecule has 0 atom stereocenters. The molecule has 0 aliphatic carbocycles. The van der Waals surface area contributed by atoms with E-state index in [9.17, 15) is 8.42 Å². The lowest BCUT2D eigenvalue weighted by Gasteiger charge is -2.03. The van der Waals surface area contributed by atoms with Gasteiger partial charge in [0.05, 0.1) is 0 Å². The third kappa shape index (κ3) is 2.47. The van der Waals surface area contributed by atoms with Gasteiger partial charge in [-0.15, -0.1) is 0 Å². The molecule has 0 aromatic carbocycles. The molecule has 4 nitrogen and oxygen atoms in total. The van der Waals surface area contributed by atoms with E-state index in [1.807, 2.05) is 0 Å². The van der Waals surface area contributed by atoms with Gasteiger partial charge in [-0.1, -0.05) is 15.9 Å². The summed E-state index contributed by atoms with van der Waals surface area (Å²) in [5.41, 5.74) is 0.591. The number of nitrogens with zero attached hydrogens (tertiary/aromatic N) is 2. The summed E-state index contributed by atoms with van der Waals surface area (Å²) in [4.78, 5) is 7.80. The Bertz CT molecular complexity index is 417. The van der Waals surface area contributed by atoms with Crippen LogP contribution >= 0.6 is 15.9 Å². The Balaban J connectivity index is 3.41. The highest BCUT2D eigenvalue weighted by Crippen LogP contribution is 2.14. The van der Waals surface area contributed by atoms with Gasteiger partial charge in [-0.05, 0) is 6.92 Å². The van der Waals surface area contributed by atoms with Gasteiger partial charge in [0.25, 0.3) is 0 Å². The first-order valence-corrected chi connectivity index (χ1v) is 6.55. The maximum Gasteiger partial charge on any atom is 0.193 e. The molecule has 0 aliphatic heterocycles. The van der Waals surface area contributed by atoms with Crippen molar-refractivity contribution in [3.63, 3.8) is 0 Å². The molecule has 1 rings (SSSR count). The molecule has 13 heavy (non-hydrogen) atoms. The van der Waals surface area contributed by atoms with E-state index in [1.54, 1.807) is 6.92 Å². The van der Waals surface area contributed by atoms with E-state index in [0.29, 0.717) is 16.7 Å². The van der Waals surface area contributed by atoms with E-state index in [0.717, 1.165) is 6.26 Å². The lowest BCUT2D eigenvalue weighted by Crippen LogP contribution is -2.06. The van der Waals surface area contributed by atoms with Gasteiger partial charge in [0.1, 0.15) is 5.82 Å². The zero-order valence-corrected chi connectivity index (χ0v) is 9.68. The van der Waals surface area contributed by atoms with Crippen molar-refractivity contribution >= 4 is 25.8 Å². The summed E-state index contributed by atoms with van der Waals surface area (Å²) < 4.78 is 22.5. The second kappa shape index (κ2) is 3.71. The van der Waals surface area contributed by atoms with Crippen LogP contribution in [0.25, 0.3) is 0 Å². The van der Waals surface area contributed by atoms with Crippen molar-refractivity contribution in [3.8, 4) is 0 Å². The van der Waals surface area contributed by atoms with E-state index >= 15 is 0 Å². The second-order valence-corrected chi connectivity index (χ2v) is 5.15. The van der Waals surface area contributed by atoms with Crippen molar-refractivity contribution in [2.75, 3.05) is 6.26 Å². The van der Waals surface area contributed by atoms with Gasteiger partial charge in [-0.25, -0.2) is 18.4 Å². The third-order valence-electron chi connectivity index (χ3n) is 1.44. The maximum atomic E-state index is 11.3. The summed E-state index contributed by atoms with van der Waals surface area (Å²) in [5, 5.41) is 0.548. The number of aromatic nitrogens is 2. The number of hydrogen-bond acceptors (Lipinski definition) is 4. The molecule has 1 aromatic heterocycles. The largest absolute Gasteiger partial charge is 0.241 e. The highest BCUT2D eigenvalue weighted by molar-refractivity contribution is 9.08. The Morgan fingerprint density at radius 1 is 1.54 bits per heavy atom. The molecule has 6 heteroatoms. The minimum atomic E-state index is -3.25. The number of hydrogen-bond donors (Lipinski definition) is 0. The van der Waals surface area contributed by atoms with E-state index in [2.05, 4.69) is 25.9 Å². The summed E-state index contributed by atoms with van der Waals surface area (Å²) in [6.07, 6.45) is 2.66. The molecule has 1 aromatic rings. The standard InChI is InChI=1S/C7H9BrN2O2S/c1-5-9-4-6(3-8)7(10-5)13(2,11)12/h4H,3H2,1-2H3. The fraction of sp³-hybridized carbons (Fsp3) is 0.429. The Labute approximate surface area is 85.5 Å². The monoisotopic (exact) mass is 264 g/mol. The highest BCUT2D eigenvalue weighted by Gasteiger charge is 2.14. The Kier molecular flexibility index (Phi) is 3.02. The number of aryl methyl sites for hydroxylation is 1. The van der Waals surface area contributed by atoms with Crippen LogP contribution in [0.4, 0.5) is 0 Å². The van der Waals surface area contributed by atoms with Crippen LogP contribution in [-0.2, 0) is 15.2 Å². The third-order valence-corrected chi connectivity index (χ3v) is 3.10. The number of sulfone groups is 1. The number of alkyl halides is 1. The van der Waals surface area contributed by atoms with E-state index in [-0.39, 0.29) is 5.03 Å². The van der Waals surface area contributed by atoms with Gasteiger partial charge in [-0.3, -0.25) is 0 Å². The molecule has 0 aliphatic rings. The fourth-order valence-corrected chi connectivity index (χ4v) is 2.38. The Hall–Kier alpha value is -0.490. The van der Waals surface area contributed by atoms with Crippen LogP contribution in [0.15, 0.2) is 11.2 Å². The van der Waals surface area contributed by atoms with Crippen LogP contribution in [0, 0.1) is 6.92 Å². The summed E-state index contributed by atoms with van der Waals surface area (Å²) in [7, 11) is -3.25. The van der Waals surface area contributed by atoms with E-state index < -0.39 is 9.84 Å². The SMILES string of the molecule is Cc1ncc(CBr)c(S(C)(=O)=O)n1. The molecule has 0 N–H and O–H groups in total. The van der Waals surface area contributed by atoms with Crippen molar-refractivity contribution in [3.05, 3.63) is 17.6 Å². The van der Waals surface area contributed by atoms with Gasteiger partial charge in [0.15, 0.2) is 14.9 Å². The number of rotatable bonds is 2. The molecular weight excluding hydrogens is 256 g/mol. The van der Waals surface area contributed by atoms with Crippen LogP contribution in [0.3, 0.4) is 0 Å². The first kappa shape index (κ1) is 10.6. The zero-order chi connectivity index (χ0) is 10.1. The molecule has 0 bridgehead atoms. The molecule has 0 fully saturated rings. The smallest absolute Gasteiger partial charge is 0.193 e. The van der Waals surface area contributed by atoms with Crippen LogP contribution in [0.5, 0.6) is 0 Å². The van der Waals surface area contributed by atoms with Crippen LogP contribution in [0.2, 0.25) is 0 Å². The first-order chi connectivity index (χ1) is 5.95. The minimum absolute atomic E-state index is 0.108. The van der Waals surface area contributed by atoms with Crippen LogP contribution in [-0.4, -0.2) is 24.6 Å². The molecule has 0 radical (unpaired) electrons. The van der Waals surface area contributed by atoms with Crippen molar-refractivity contribution in [2.45, 2.75) is 17.3 Å². The molecule has 0 saturated heterocycles. The summed E-state index contributed by atoms with van der Waals surface area (Å²) in [5.74, 6) is 0.463. The summed E-state index contributed by atoms with van der Waals surface area (Å²) in [6, 6.07) is 0. The lowest BCUT2D eigenvalue weighted by atomic mass is 10.4. The van der Waals surface area contributed by atoms with Gasteiger partial charge in [0.2, 0.25) is 0 Å². The van der Waals surface area contributed by atoms with Crippen molar-refractivity contribution in [1.82, 2.24) is 9.97 Å². The topological polar surface area (TPSA) is 59.9 Å². The van der Waals surface area contributed by atoms with Crippen molar-refractivity contribution in [2.24, 2.45) is 0 Å². The van der Waals surface area contributed by atoms with E-state index in [1.165, 1.54) is 6.20 Å². The highest BCUT2D eigenvalue weighted by atomic mass is 79.9. The van der Waals surface area contributed by atoms with Gasteiger partial charge in [0, 0.05) is 23.3 Å². The van der Waals surface area contributed by atoms with Crippen molar-refractivity contribution < 1.29 is 8.42 Å². The second-order valence-electron chi connectivity index (χ2n) is 2.65. The van der Waals surface area contributed by atoms with E-state index in [4.69, 9.17) is 0 Å². The van der Waals surface area contributed by atoms with Gasteiger partial charge < -0.3 is 0 Å². The van der Waals surface area contributed by atoms with Crippen molar-refractivity contribution in [1.29, 1.82) is 0 Å². The molecule has 0 unspecified atom stereocenters. The summed E-state index contributed by atoms with van der Waals surface area (Å²) in [6.45, 7) is 1.66. The summed E-state index contributed by atoms with van der Waals surface area (Å²) >= 11 is 3.18. The van der Waals surface area contributed by atoms with Gasteiger partial charge in [-0.2, -0.15) is 0 Å². The fourth-order valence-electron chi connectivity index (χ4n) is 0.887. The molecule has 1 heterocycles. The molecule has 72 valence electrons. The lowest BCUT2D eigenvalue weighted by molar-refractivity contribution is 0.596.